The lowest BCUT2D eigenvalue weighted by Gasteiger charge is -2.10. The smallest absolute Gasteiger partial charge is 0.141 e. The van der Waals surface area contributed by atoms with E-state index in [9.17, 15) is 4.79 Å². The van der Waals surface area contributed by atoms with Crippen LogP contribution in [0.15, 0.2) is 48.5 Å². The highest BCUT2D eigenvalue weighted by Crippen LogP contribution is 2.26. The van der Waals surface area contributed by atoms with Crippen LogP contribution in [0.2, 0.25) is 0 Å². The number of nitrogens with one attached hydrogen (secondary N) is 1. The van der Waals surface area contributed by atoms with Crippen LogP contribution >= 0.6 is 0 Å². The highest BCUT2D eigenvalue weighted by Gasteiger charge is 2.13. The predicted molar refractivity (Wildman–Crippen MR) is 93.0 cm³/mol. The lowest BCUT2D eigenvalue weighted by Crippen LogP contribution is -2.41. The zero-order valence-corrected chi connectivity index (χ0v) is 13.7. The van der Waals surface area contributed by atoms with Crippen molar-refractivity contribution in [2.45, 2.75) is 19.4 Å². The zero-order chi connectivity index (χ0) is 17.3. The maximum absolute atomic E-state index is 9.77. The molecule has 2 aromatic carbocycles. The fourth-order valence-electron chi connectivity index (χ4n) is 1.57. The maximum atomic E-state index is 9.77. The molecule has 0 radical (unpaired) electrons. The van der Waals surface area contributed by atoms with Crippen molar-refractivity contribution in [2.75, 3.05) is 19.0 Å². The van der Waals surface area contributed by atoms with Gasteiger partial charge in [-0.25, -0.2) is 0 Å². The summed E-state index contributed by atoms with van der Waals surface area (Å²) in [4.78, 5) is 9.77. The molecular weight excluding hydrogens is 292 g/mol. The number of carbonyl (C=O) groups is 1. The van der Waals surface area contributed by atoms with Crippen LogP contribution in [0.25, 0.3) is 0 Å². The monoisotopic (exact) mass is 316 g/mol. The number of rotatable bonds is 5. The van der Waals surface area contributed by atoms with Crippen molar-refractivity contribution in [3.63, 3.8) is 0 Å². The molecule has 4 N–H and O–H groups in total. The van der Waals surface area contributed by atoms with Crippen molar-refractivity contribution in [2.24, 2.45) is 5.73 Å². The number of anilines is 1. The van der Waals surface area contributed by atoms with Crippen molar-refractivity contribution in [1.82, 2.24) is 0 Å². The topological polar surface area (TPSA) is 84.6 Å². The number of aliphatic hydroxyl groups is 1. The molecule has 124 valence electrons. The number of aldehydes is 1. The summed E-state index contributed by atoms with van der Waals surface area (Å²) in [6.07, 6.45) is 0.521. The fourth-order valence-corrected chi connectivity index (χ4v) is 1.57. The Morgan fingerprint density at radius 1 is 1.26 bits per heavy atom. The number of benzene rings is 2. The molecule has 0 aliphatic heterocycles. The Morgan fingerprint density at radius 3 is 2.35 bits per heavy atom. The van der Waals surface area contributed by atoms with E-state index in [1.54, 1.807) is 0 Å². The van der Waals surface area contributed by atoms with E-state index in [4.69, 9.17) is 15.6 Å². The molecule has 2 aromatic rings. The van der Waals surface area contributed by atoms with Crippen molar-refractivity contribution < 1.29 is 14.6 Å². The molecule has 0 saturated heterocycles. The van der Waals surface area contributed by atoms with Crippen LogP contribution in [-0.4, -0.2) is 30.6 Å². The van der Waals surface area contributed by atoms with E-state index >= 15 is 0 Å². The van der Waals surface area contributed by atoms with Gasteiger partial charge in [0.1, 0.15) is 17.8 Å². The zero-order valence-electron chi connectivity index (χ0n) is 13.7. The largest absolute Gasteiger partial charge is 0.457 e. The molecule has 1 atom stereocenters. The molecular formula is C18H24N2O3. The first-order valence-corrected chi connectivity index (χ1v) is 7.29. The second kappa shape index (κ2) is 8.92. The molecule has 0 bridgehead atoms. The number of aliphatic hydroxyl groups excluding tert-OH is 1. The molecule has 0 heterocycles. The van der Waals surface area contributed by atoms with Gasteiger partial charge in [-0.15, -0.1) is 0 Å². The van der Waals surface area contributed by atoms with Crippen LogP contribution in [-0.2, 0) is 4.79 Å². The number of carbonyl (C=O) groups excluding carboxylic acids is 1. The Balaban J connectivity index is 0.000000322. The number of para-hydroxylation sites is 1. The van der Waals surface area contributed by atoms with E-state index in [1.807, 2.05) is 56.4 Å². The van der Waals surface area contributed by atoms with Crippen molar-refractivity contribution in [1.29, 1.82) is 0 Å². The van der Waals surface area contributed by atoms with Crippen LogP contribution in [0.5, 0.6) is 11.5 Å². The summed E-state index contributed by atoms with van der Waals surface area (Å²) in [5.74, 6) is 1.76. The Bertz CT molecular complexity index is 613. The minimum absolute atomic E-state index is 0.295. The second-order valence-corrected chi connectivity index (χ2v) is 5.43. The molecule has 0 saturated carbocycles. The molecule has 0 aromatic heterocycles. The van der Waals surface area contributed by atoms with Crippen molar-refractivity contribution in [3.8, 4) is 11.5 Å². The summed E-state index contributed by atoms with van der Waals surface area (Å²) in [6.45, 7) is 3.20. The highest BCUT2D eigenvalue weighted by atomic mass is 16.5. The number of nitrogens with two attached hydrogens (primary N) is 1. The Morgan fingerprint density at radius 2 is 1.91 bits per heavy atom. The molecule has 23 heavy (non-hydrogen) atoms. The van der Waals surface area contributed by atoms with Gasteiger partial charge in [0.2, 0.25) is 0 Å². The van der Waals surface area contributed by atoms with E-state index in [2.05, 4.69) is 11.4 Å². The van der Waals surface area contributed by atoms with Crippen LogP contribution in [0.3, 0.4) is 0 Å². The molecule has 0 aliphatic carbocycles. The van der Waals surface area contributed by atoms with Gasteiger partial charge in [0.05, 0.1) is 12.1 Å². The SMILES string of the molecule is CNc1ccc(Oc2ccccc2)c(C)c1.C[C@@](N)(C=O)CO. The van der Waals surface area contributed by atoms with Gasteiger partial charge in [0.25, 0.3) is 0 Å². The minimum Gasteiger partial charge on any atom is -0.457 e. The summed E-state index contributed by atoms with van der Waals surface area (Å²) in [5, 5.41) is 11.3. The van der Waals surface area contributed by atoms with E-state index in [0.717, 1.165) is 22.7 Å². The van der Waals surface area contributed by atoms with E-state index in [-0.39, 0.29) is 6.61 Å². The van der Waals surface area contributed by atoms with Gasteiger partial charge in [-0.2, -0.15) is 0 Å². The summed E-state index contributed by atoms with van der Waals surface area (Å²) >= 11 is 0. The standard InChI is InChI=1S/C14H15NO.C4H9NO2/c1-11-10-12(15-2)8-9-14(11)16-13-6-4-3-5-7-13;1-4(5,2-6)3-7/h3-10,15H,1-2H3;2,7H,3,5H2,1H3/t;4-/m.1/s1. The first-order chi connectivity index (χ1) is 10.9. The first kappa shape index (κ1) is 18.7. The Hall–Kier alpha value is -2.37. The van der Waals surface area contributed by atoms with Gasteiger partial charge in [-0.3, -0.25) is 0 Å². The molecule has 0 aliphatic rings. The third-order valence-corrected chi connectivity index (χ3v) is 3.04. The van der Waals surface area contributed by atoms with Gasteiger partial charge in [-0.1, -0.05) is 18.2 Å². The molecule has 0 unspecified atom stereocenters. The van der Waals surface area contributed by atoms with Crippen molar-refractivity contribution in [3.05, 3.63) is 54.1 Å². The van der Waals surface area contributed by atoms with Gasteiger partial charge < -0.3 is 25.7 Å². The van der Waals surface area contributed by atoms with Crippen LogP contribution in [0.1, 0.15) is 12.5 Å². The van der Waals surface area contributed by atoms with Crippen molar-refractivity contribution >= 4 is 12.0 Å². The van der Waals surface area contributed by atoms with E-state index in [0.29, 0.717) is 6.29 Å². The number of hydrogen-bond donors (Lipinski definition) is 3. The molecule has 5 nitrogen and oxygen atoms in total. The number of aryl methyl sites for hydroxylation is 1. The van der Waals surface area contributed by atoms with Gasteiger partial charge in [0, 0.05) is 12.7 Å². The van der Waals surface area contributed by atoms with Gasteiger partial charge >= 0.3 is 0 Å². The molecule has 0 fully saturated rings. The first-order valence-electron chi connectivity index (χ1n) is 7.29. The van der Waals surface area contributed by atoms with Crippen LogP contribution in [0, 0.1) is 6.92 Å². The van der Waals surface area contributed by atoms with E-state index < -0.39 is 5.54 Å². The summed E-state index contributed by atoms with van der Waals surface area (Å²) in [7, 11) is 1.91. The molecule has 2 rings (SSSR count). The number of ether oxygens (including phenoxy) is 1. The minimum atomic E-state index is -1.04. The summed E-state index contributed by atoms with van der Waals surface area (Å²) in [5.41, 5.74) is 6.27. The highest BCUT2D eigenvalue weighted by molar-refractivity contribution is 5.62. The predicted octanol–water partition coefficient (Wildman–Crippen LogP) is 2.72. The maximum Gasteiger partial charge on any atom is 0.141 e. The molecule has 0 amide bonds. The summed E-state index contributed by atoms with van der Waals surface area (Å²) in [6, 6.07) is 15.9. The fraction of sp³-hybridized carbons (Fsp3) is 0.278. The third-order valence-electron chi connectivity index (χ3n) is 3.04. The lowest BCUT2D eigenvalue weighted by atomic mass is 10.1. The molecule has 5 heteroatoms. The summed E-state index contributed by atoms with van der Waals surface area (Å²) < 4.78 is 5.78. The third kappa shape index (κ3) is 6.50. The van der Waals surface area contributed by atoms with Crippen LogP contribution in [0.4, 0.5) is 5.69 Å². The average Bonchev–Trinajstić information content (AvgIpc) is 2.58. The normalized spacial score (nSPS) is 12.4. The van der Waals surface area contributed by atoms with Crippen LogP contribution < -0.4 is 15.8 Å². The Kier molecular flexibility index (Phi) is 7.25. The van der Waals surface area contributed by atoms with Gasteiger partial charge in [-0.05, 0) is 49.7 Å². The van der Waals surface area contributed by atoms with Gasteiger partial charge in [0.15, 0.2) is 0 Å². The molecule has 0 spiro atoms. The second-order valence-electron chi connectivity index (χ2n) is 5.43. The lowest BCUT2D eigenvalue weighted by molar-refractivity contribution is -0.112. The average molecular weight is 316 g/mol. The number of hydrogen-bond acceptors (Lipinski definition) is 5. The Labute approximate surface area is 137 Å². The quantitative estimate of drug-likeness (QED) is 0.739. The van der Waals surface area contributed by atoms with E-state index in [1.165, 1.54) is 6.92 Å².